The normalized spacial score (nSPS) is 12.8. The zero-order chi connectivity index (χ0) is 21.6. The second-order valence-corrected chi connectivity index (χ2v) is 8.54. The predicted octanol–water partition coefficient (Wildman–Crippen LogP) is 4.74. The minimum Gasteiger partial charge on any atom is -0.373 e. The van der Waals surface area contributed by atoms with E-state index in [0.29, 0.717) is 23.5 Å². The maximum Gasteiger partial charge on any atom is 0.449 e. The number of nitrogens with zero attached hydrogens (tertiary/aromatic N) is 2. The van der Waals surface area contributed by atoms with E-state index in [-0.39, 0.29) is 13.0 Å². The Balaban J connectivity index is 1.63. The first kappa shape index (κ1) is 22.5. The van der Waals surface area contributed by atoms with E-state index >= 15 is 0 Å². The van der Waals surface area contributed by atoms with E-state index in [0.717, 1.165) is 15.4 Å². The Morgan fingerprint density at radius 1 is 1.17 bits per heavy atom. The summed E-state index contributed by atoms with van der Waals surface area (Å²) in [4.78, 5) is 20.6. The van der Waals surface area contributed by atoms with Gasteiger partial charge >= 0.3 is 6.18 Å². The van der Waals surface area contributed by atoms with Crippen molar-refractivity contribution in [2.24, 2.45) is 0 Å². The zero-order valence-corrected chi connectivity index (χ0v) is 17.5. The molecule has 3 rings (SSSR count). The molecule has 0 aliphatic rings. The summed E-state index contributed by atoms with van der Waals surface area (Å²) in [7, 11) is 0. The first-order valence-corrected chi connectivity index (χ1v) is 11.0. The molecule has 160 valence electrons. The Morgan fingerprint density at radius 2 is 1.93 bits per heavy atom. The fourth-order valence-corrected chi connectivity index (χ4v) is 4.60. The van der Waals surface area contributed by atoms with E-state index in [1.807, 2.05) is 35.7 Å². The van der Waals surface area contributed by atoms with Gasteiger partial charge in [0.1, 0.15) is 6.23 Å². The van der Waals surface area contributed by atoms with Crippen LogP contribution in [0.4, 0.5) is 13.2 Å². The zero-order valence-electron chi connectivity index (χ0n) is 15.9. The Kier molecular flexibility index (Phi) is 7.70. The van der Waals surface area contributed by atoms with Crippen molar-refractivity contribution in [1.82, 2.24) is 15.3 Å². The first-order chi connectivity index (χ1) is 14.3. The maximum atomic E-state index is 12.2. The molecule has 1 atom stereocenters. The molecule has 0 saturated carbocycles. The van der Waals surface area contributed by atoms with Crippen molar-refractivity contribution in [1.29, 1.82) is 0 Å². The van der Waals surface area contributed by atoms with Gasteiger partial charge in [-0.05, 0) is 24.9 Å². The topological polar surface area (TPSA) is 75.1 Å². The van der Waals surface area contributed by atoms with Crippen LogP contribution in [0.5, 0.6) is 0 Å². The van der Waals surface area contributed by atoms with Gasteiger partial charge in [0.2, 0.25) is 5.78 Å². The SMILES string of the molecule is O=C(CCCCNC(O)c1nc(-c2nccs2)sc1Cc1ccccc1)C(F)(F)F. The predicted molar refractivity (Wildman–Crippen MR) is 110 cm³/mol. The summed E-state index contributed by atoms with van der Waals surface area (Å²) in [6.45, 7) is 0.265. The molecule has 0 aliphatic heterocycles. The van der Waals surface area contributed by atoms with Crippen LogP contribution in [-0.2, 0) is 11.2 Å². The minimum absolute atomic E-state index is 0.0936. The van der Waals surface area contributed by atoms with E-state index in [1.165, 1.54) is 22.7 Å². The molecule has 2 aromatic heterocycles. The third-order valence-electron chi connectivity index (χ3n) is 4.29. The van der Waals surface area contributed by atoms with Gasteiger partial charge in [0.15, 0.2) is 10.0 Å². The molecule has 30 heavy (non-hydrogen) atoms. The van der Waals surface area contributed by atoms with Gasteiger partial charge in [-0.2, -0.15) is 13.2 Å². The smallest absolute Gasteiger partial charge is 0.373 e. The summed E-state index contributed by atoms with van der Waals surface area (Å²) in [5, 5.41) is 16.8. The van der Waals surface area contributed by atoms with Crippen molar-refractivity contribution in [3.05, 3.63) is 58.0 Å². The van der Waals surface area contributed by atoms with Crippen molar-refractivity contribution in [2.45, 2.75) is 38.1 Å². The lowest BCUT2D eigenvalue weighted by molar-refractivity contribution is -0.171. The summed E-state index contributed by atoms with van der Waals surface area (Å²) >= 11 is 2.91. The molecule has 3 aromatic rings. The number of halogens is 3. The van der Waals surface area contributed by atoms with E-state index in [2.05, 4.69) is 15.3 Å². The van der Waals surface area contributed by atoms with E-state index < -0.39 is 24.6 Å². The van der Waals surface area contributed by atoms with E-state index in [9.17, 15) is 23.1 Å². The van der Waals surface area contributed by atoms with Gasteiger partial charge in [-0.25, -0.2) is 9.97 Å². The molecule has 0 aliphatic carbocycles. The number of alkyl halides is 3. The van der Waals surface area contributed by atoms with Crippen molar-refractivity contribution in [3.63, 3.8) is 0 Å². The van der Waals surface area contributed by atoms with Crippen molar-refractivity contribution in [3.8, 4) is 10.0 Å². The largest absolute Gasteiger partial charge is 0.449 e. The molecule has 2 heterocycles. The standard InChI is InChI=1S/C20H20F3N3O2S2/c21-20(22,23)15(27)8-4-5-9-24-17(28)16-14(12-13-6-2-1-3-7-13)30-19(26-16)18-25-10-11-29-18/h1-3,6-7,10-11,17,24,28H,4-5,8-9,12H2. The van der Waals surface area contributed by atoms with Gasteiger partial charge in [-0.3, -0.25) is 10.1 Å². The van der Waals surface area contributed by atoms with E-state index in [1.54, 1.807) is 6.20 Å². The number of hydrogen-bond donors (Lipinski definition) is 2. The number of carbonyl (C=O) groups excluding carboxylic acids is 1. The number of carbonyl (C=O) groups is 1. The molecule has 1 unspecified atom stereocenters. The van der Waals surface area contributed by atoms with Crippen LogP contribution < -0.4 is 5.32 Å². The Morgan fingerprint density at radius 3 is 2.60 bits per heavy atom. The molecule has 0 saturated heterocycles. The van der Waals surface area contributed by atoms with E-state index in [4.69, 9.17) is 0 Å². The summed E-state index contributed by atoms with van der Waals surface area (Å²) in [5.74, 6) is -1.72. The fourth-order valence-electron chi connectivity index (χ4n) is 2.79. The summed E-state index contributed by atoms with van der Waals surface area (Å²) in [5.41, 5.74) is 1.56. The number of hydrogen-bond acceptors (Lipinski definition) is 7. The summed E-state index contributed by atoms with van der Waals surface area (Å²) in [6.07, 6.45) is -3.69. The van der Waals surface area contributed by atoms with Crippen LogP contribution in [0.3, 0.4) is 0 Å². The average Bonchev–Trinajstić information content (AvgIpc) is 3.37. The molecular weight excluding hydrogens is 435 g/mol. The van der Waals surface area contributed by atoms with Crippen LogP contribution in [0, 0.1) is 0 Å². The number of Topliss-reactive ketones (excluding diaryl/α,β-unsaturated/α-hetero) is 1. The number of aromatic nitrogens is 2. The lowest BCUT2D eigenvalue weighted by Gasteiger charge is -2.13. The molecule has 0 spiro atoms. The molecule has 0 bridgehead atoms. The lowest BCUT2D eigenvalue weighted by atomic mass is 10.1. The van der Waals surface area contributed by atoms with Crippen LogP contribution in [0.2, 0.25) is 0 Å². The average molecular weight is 456 g/mol. The number of rotatable bonds is 10. The monoisotopic (exact) mass is 455 g/mol. The number of aliphatic hydroxyl groups excluding tert-OH is 1. The van der Waals surface area contributed by atoms with Gasteiger partial charge in [-0.15, -0.1) is 22.7 Å². The molecule has 0 amide bonds. The number of thiazole rings is 2. The van der Waals surface area contributed by atoms with Crippen LogP contribution in [0.25, 0.3) is 10.0 Å². The van der Waals surface area contributed by atoms with Gasteiger partial charge in [0.05, 0.1) is 5.69 Å². The molecule has 0 radical (unpaired) electrons. The summed E-state index contributed by atoms with van der Waals surface area (Å²) < 4.78 is 36.7. The highest BCUT2D eigenvalue weighted by molar-refractivity contribution is 7.20. The number of benzene rings is 1. The highest BCUT2D eigenvalue weighted by Crippen LogP contribution is 2.33. The molecule has 5 nitrogen and oxygen atoms in total. The highest BCUT2D eigenvalue weighted by atomic mass is 32.1. The quantitative estimate of drug-likeness (QED) is 0.341. The fraction of sp³-hybridized carbons (Fsp3) is 0.350. The molecular formula is C20H20F3N3O2S2. The number of unbranched alkanes of at least 4 members (excludes halogenated alkanes) is 1. The second-order valence-electron chi connectivity index (χ2n) is 6.56. The number of nitrogens with one attached hydrogen (secondary N) is 1. The third kappa shape index (κ3) is 6.18. The van der Waals surface area contributed by atoms with Crippen LogP contribution >= 0.6 is 22.7 Å². The van der Waals surface area contributed by atoms with Gasteiger partial charge in [0.25, 0.3) is 0 Å². The first-order valence-electron chi connectivity index (χ1n) is 9.29. The maximum absolute atomic E-state index is 12.2. The van der Waals surface area contributed by atoms with Gasteiger partial charge in [0, 0.05) is 29.3 Å². The minimum atomic E-state index is -4.79. The molecule has 1 aromatic carbocycles. The van der Waals surface area contributed by atoms with Crippen LogP contribution in [-0.4, -0.2) is 33.6 Å². The Labute approximate surface area is 179 Å². The Bertz CT molecular complexity index is 944. The third-order valence-corrected chi connectivity index (χ3v) is 6.28. The van der Waals surface area contributed by atoms with Gasteiger partial charge in [-0.1, -0.05) is 30.3 Å². The number of ketones is 1. The van der Waals surface area contributed by atoms with Crippen molar-refractivity contribution in [2.75, 3.05) is 6.54 Å². The lowest BCUT2D eigenvalue weighted by Crippen LogP contribution is -2.25. The van der Waals surface area contributed by atoms with Crippen molar-refractivity contribution < 1.29 is 23.1 Å². The Hall–Kier alpha value is -2.14. The highest BCUT2D eigenvalue weighted by Gasteiger charge is 2.37. The molecule has 0 fully saturated rings. The molecule has 2 N–H and O–H groups in total. The summed E-state index contributed by atoms with van der Waals surface area (Å²) in [6, 6.07) is 9.79. The second kappa shape index (κ2) is 10.3. The number of aliphatic hydroxyl groups is 1. The van der Waals surface area contributed by atoms with Crippen LogP contribution in [0.1, 0.15) is 41.6 Å². The molecule has 10 heteroatoms. The van der Waals surface area contributed by atoms with Crippen LogP contribution in [0.15, 0.2) is 41.9 Å². The van der Waals surface area contributed by atoms with Gasteiger partial charge < -0.3 is 5.11 Å². The van der Waals surface area contributed by atoms with Crippen molar-refractivity contribution >= 4 is 28.5 Å².